The van der Waals surface area contributed by atoms with E-state index in [4.69, 9.17) is 22.3 Å². The third-order valence-electron chi connectivity index (χ3n) is 13.9. The second-order valence-corrected chi connectivity index (χ2v) is 20.9. The number of nitrogens with two attached hydrogens (primary N) is 3. The highest BCUT2D eigenvalue weighted by atomic mass is 16.4. The molecule has 0 saturated heterocycles. The van der Waals surface area contributed by atoms with Crippen LogP contribution in [0, 0.1) is 23.7 Å². The van der Waals surface area contributed by atoms with E-state index in [2.05, 4.69) is 68.1 Å². The fourth-order valence-corrected chi connectivity index (χ4v) is 8.03. The largest absolute Gasteiger partial charge is 0.480 e. The summed E-state index contributed by atoms with van der Waals surface area (Å²) in [6.07, 6.45) is 3.83. The second kappa shape index (κ2) is 36.3. The lowest BCUT2D eigenvalue weighted by atomic mass is 9.96. The Bertz CT molecular complexity index is 2500. The van der Waals surface area contributed by atoms with Gasteiger partial charge in [-0.15, -0.1) is 0 Å². The Morgan fingerprint density at radius 2 is 1.06 bits per heavy atom. The third kappa shape index (κ3) is 24.8. The van der Waals surface area contributed by atoms with Gasteiger partial charge in [-0.05, 0) is 49.0 Å². The number of aliphatic imine (C=N–C) groups is 1. The molecule has 12 atom stereocenters. The molecule has 1 heterocycles. The summed E-state index contributed by atoms with van der Waals surface area (Å²) >= 11 is 0. The summed E-state index contributed by atoms with van der Waals surface area (Å²) in [4.78, 5) is 158. The van der Waals surface area contributed by atoms with Crippen molar-refractivity contribution < 1.29 is 63.0 Å². The Morgan fingerprint density at radius 3 is 1.55 bits per heavy atom. The van der Waals surface area contributed by atoms with Crippen molar-refractivity contribution in [2.45, 2.75) is 162 Å². The Labute approximate surface area is 483 Å². The maximum Gasteiger partial charge on any atom is 0.322 e. The number of carbonyl (C=O) groups excluding carboxylic acids is 10. The number of nitrogens with zero attached hydrogens (tertiary/aromatic N) is 2. The molecule has 10 amide bonds. The molecule has 83 heavy (non-hydrogen) atoms. The van der Waals surface area contributed by atoms with Gasteiger partial charge in [0.2, 0.25) is 59.1 Å². The number of carboxylic acid groups (broad SMARTS) is 1. The highest BCUT2D eigenvalue weighted by Crippen LogP contribution is 2.14. The van der Waals surface area contributed by atoms with E-state index in [1.165, 1.54) is 19.4 Å². The number of aromatic amines is 1. The maximum absolute atomic E-state index is 14.2. The lowest BCUT2D eigenvalue weighted by Crippen LogP contribution is -2.61. The number of nitrogens with one attached hydrogen (secondary N) is 11. The van der Waals surface area contributed by atoms with E-state index >= 15 is 0 Å². The number of aliphatic hydroxyl groups is 1. The number of aromatic nitrogens is 2. The van der Waals surface area contributed by atoms with E-state index in [1.807, 2.05) is 0 Å². The minimum absolute atomic E-state index is 0.0362. The highest BCUT2D eigenvalue weighted by Gasteiger charge is 2.36. The number of aliphatic hydroxyl groups excluding tert-OH is 1. The fraction of sp³-hybridized carbons (Fsp3) is 0.611. The van der Waals surface area contributed by atoms with E-state index in [1.54, 1.807) is 85.7 Å². The van der Waals surface area contributed by atoms with Crippen LogP contribution in [-0.4, -0.2) is 172 Å². The summed E-state index contributed by atoms with van der Waals surface area (Å²) in [5.41, 5.74) is 18.1. The van der Waals surface area contributed by atoms with Crippen LogP contribution in [0.3, 0.4) is 0 Å². The average Bonchev–Trinajstić information content (AvgIpc) is 4.03. The monoisotopic (exact) mass is 1170 g/mol. The number of benzene rings is 1. The van der Waals surface area contributed by atoms with Crippen LogP contribution in [0.4, 0.5) is 0 Å². The summed E-state index contributed by atoms with van der Waals surface area (Å²) in [5, 5.41) is 44.7. The van der Waals surface area contributed by atoms with E-state index in [-0.39, 0.29) is 44.1 Å². The first-order chi connectivity index (χ1) is 39.2. The van der Waals surface area contributed by atoms with Crippen LogP contribution in [0.5, 0.6) is 0 Å². The number of carbonyl (C=O) groups is 11. The van der Waals surface area contributed by atoms with Gasteiger partial charge in [0.25, 0.3) is 0 Å². The van der Waals surface area contributed by atoms with Gasteiger partial charge in [-0.1, -0.05) is 105 Å². The van der Waals surface area contributed by atoms with Gasteiger partial charge in [0, 0.05) is 31.3 Å². The van der Waals surface area contributed by atoms with Crippen LogP contribution in [-0.2, 0) is 65.6 Å². The van der Waals surface area contributed by atoms with Gasteiger partial charge in [-0.25, -0.2) is 4.98 Å². The van der Waals surface area contributed by atoms with Crippen molar-refractivity contribution >= 4 is 71.0 Å². The minimum Gasteiger partial charge on any atom is -0.480 e. The first-order valence-electron chi connectivity index (χ1n) is 27.8. The molecule has 19 N–H and O–H groups in total. The summed E-state index contributed by atoms with van der Waals surface area (Å²) in [7, 11) is 0. The smallest absolute Gasteiger partial charge is 0.322 e. The maximum atomic E-state index is 14.2. The van der Waals surface area contributed by atoms with Crippen molar-refractivity contribution in [3.05, 3.63) is 54.1 Å². The number of rotatable bonds is 37. The van der Waals surface area contributed by atoms with Gasteiger partial charge in [-0.2, -0.15) is 0 Å². The van der Waals surface area contributed by atoms with Gasteiger partial charge >= 0.3 is 5.97 Å². The lowest BCUT2D eigenvalue weighted by Gasteiger charge is -2.29. The molecule has 29 nitrogen and oxygen atoms in total. The van der Waals surface area contributed by atoms with E-state index in [0.29, 0.717) is 30.5 Å². The Balaban J connectivity index is 2.32. The Kier molecular flexibility index (Phi) is 31.0. The molecule has 29 heteroatoms. The zero-order valence-electron chi connectivity index (χ0n) is 48.8. The van der Waals surface area contributed by atoms with E-state index in [9.17, 15) is 57.8 Å². The molecule has 1 aromatic heterocycles. The molecule has 0 bridgehead atoms. The molecule has 0 aliphatic rings. The normalized spacial score (nSPS) is 15.4. The number of amides is 10. The molecule has 0 spiro atoms. The van der Waals surface area contributed by atoms with Crippen LogP contribution in [0.2, 0.25) is 0 Å². The molecule has 0 unspecified atom stereocenters. The van der Waals surface area contributed by atoms with Crippen molar-refractivity contribution in [2.75, 3.05) is 26.2 Å². The standard InChI is InChI=1S/C54H88N16O13/c1-10-29(6)42(68-45(75)32(9)63-49(79)38(26-71)67-53(83)44(31(8)12-3)70-50(80)41(55)28(4)5)51(81)65-35(19-16-20-59-54(56)57)46(76)60-24-39(72)64-36(21-33-17-14-13-15-18-33)48(78)69-43(30(7)11-2)52(82)66-37(22-34-23-58-27-62-34)47(77)61-25-40(73)74/h13-15,17-18,23,27-32,35-38,41-44,71H,10-12,16,19-22,24-26,55H2,1-9H3,(H,58,62)(H,60,76)(H,61,77)(H,63,79)(H,64,72)(H,65,81)(H,66,82)(H,67,83)(H,68,75)(H,69,78)(H,70,80)(H,73,74)(H4,56,57,59)/t29-,30-,31-,32-,35-,36-,37-,38-,41-,42-,43-,44-/m0/s1. The summed E-state index contributed by atoms with van der Waals surface area (Å²) in [5.74, 6) is -11.3. The van der Waals surface area contributed by atoms with Crippen molar-refractivity contribution in [2.24, 2.45) is 45.9 Å². The molecule has 0 fully saturated rings. The van der Waals surface area contributed by atoms with Crippen molar-refractivity contribution in [1.29, 1.82) is 0 Å². The van der Waals surface area contributed by atoms with Gasteiger partial charge in [0.15, 0.2) is 5.96 Å². The number of hydrogen-bond acceptors (Lipinski definition) is 15. The highest BCUT2D eigenvalue weighted by molar-refractivity contribution is 5.98. The summed E-state index contributed by atoms with van der Waals surface area (Å²) in [6.45, 7) is 12.9. The lowest BCUT2D eigenvalue weighted by molar-refractivity contribution is -0.138. The van der Waals surface area contributed by atoms with Crippen LogP contribution in [0.25, 0.3) is 0 Å². The average molecular weight is 1170 g/mol. The predicted molar refractivity (Wildman–Crippen MR) is 305 cm³/mol. The zero-order valence-corrected chi connectivity index (χ0v) is 48.8. The number of aliphatic carboxylic acids is 1. The first-order valence-corrected chi connectivity index (χ1v) is 27.8. The van der Waals surface area contributed by atoms with Gasteiger partial charge in [0.05, 0.1) is 25.5 Å². The van der Waals surface area contributed by atoms with Crippen molar-refractivity contribution in [3.63, 3.8) is 0 Å². The van der Waals surface area contributed by atoms with Crippen LogP contribution < -0.4 is 70.4 Å². The predicted octanol–water partition coefficient (Wildman–Crippen LogP) is -3.42. The van der Waals surface area contributed by atoms with E-state index in [0.717, 1.165) is 0 Å². The molecule has 0 aliphatic carbocycles. The summed E-state index contributed by atoms with van der Waals surface area (Å²) < 4.78 is 0. The molecule has 0 aliphatic heterocycles. The summed E-state index contributed by atoms with van der Waals surface area (Å²) in [6, 6.07) is -2.91. The van der Waals surface area contributed by atoms with Crippen LogP contribution in [0.15, 0.2) is 47.8 Å². The molecule has 0 saturated carbocycles. The number of carboxylic acids is 1. The van der Waals surface area contributed by atoms with Gasteiger partial charge < -0.3 is 85.6 Å². The van der Waals surface area contributed by atoms with Crippen LogP contribution >= 0.6 is 0 Å². The minimum atomic E-state index is -1.56. The van der Waals surface area contributed by atoms with Crippen molar-refractivity contribution in [3.8, 4) is 0 Å². The fourth-order valence-electron chi connectivity index (χ4n) is 8.03. The molecular formula is C54H88N16O13. The zero-order chi connectivity index (χ0) is 62.5. The number of imidazole rings is 1. The molecule has 2 aromatic rings. The molecule has 1 aromatic carbocycles. The second-order valence-electron chi connectivity index (χ2n) is 20.9. The number of H-pyrrole nitrogens is 1. The molecular weight excluding hydrogens is 1080 g/mol. The number of guanidine groups is 1. The Morgan fingerprint density at radius 1 is 0.578 bits per heavy atom. The third-order valence-corrected chi connectivity index (χ3v) is 13.9. The van der Waals surface area contributed by atoms with E-state index < -0.39 is 157 Å². The van der Waals surface area contributed by atoms with Crippen LogP contribution in [0.1, 0.15) is 106 Å². The number of hydrogen-bond donors (Lipinski definition) is 16. The SMILES string of the molecule is CC[C@H](C)[C@H](NC(=O)[C@H](C)NC(=O)[C@H](CO)NC(=O)[C@@H](NC(=O)[C@@H](N)C(C)C)[C@@H](C)CC)C(=O)N[C@@H](CCCN=C(N)N)C(=O)NCC(=O)N[C@@H](Cc1ccccc1)C(=O)N[C@H](C(=O)N[C@@H](Cc1cnc[nH]1)C(=O)NCC(=O)O)[C@@H](C)CC. The quantitative estimate of drug-likeness (QED) is 0.0178. The topological polar surface area (TPSA) is 468 Å². The molecule has 462 valence electrons. The van der Waals surface area contributed by atoms with Crippen molar-refractivity contribution in [1.82, 2.24) is 63.1 Å². The molecule has 2 rings (SSSR count). The molecule has 0 radical (unpaired) electrons. The van der Waals surface area contributed by atoms with Gasteiger partial charge in [-0.3, -0.25) is 57.7 Å². The Hall–Kier alpha value is -8.21. The van der Waals surface area contributed by atoms with Gasteiger partial charge in [0.1, 0.15) is 54.9 Å². The first kappa shape index (κ1) is 70.9.